The highest BCUT2D eigenvalue weighted by molar-refractivity contribution is 5.75. The van der Waals surface area contributed by atoms with Crippen LogP contribution in [0.1, 0.15) is 38.5 Å². The molecule has 0 radical (unpaired) electrons. The van der Waals surface area contributed by atoms with Crippen LogP contribution in [0.25, 0.3) is 0 Å². The summed E-state index contributed by atoms with van der Waals surface area (Å²) >= 11 is 0. The average molecular weight is 257 g/mol. The Hall–Kier alpha value is -1.10. The van der Waals surface area contributed by atoms with Gasteiger partial charge in [-0.05, 0) is 39.3 Å². The van der Waals surface area contributed by atoms with Gasteiger partial charge in [0.15, 0.2) is 0 Å². The molecule has 0 unspecified atom stereocenters. The molecule has 1 saturated carbocycles. The summed E-state index contributed by atoms with van der Waals surface area (Å²) in [4.78, 5) is 23.2. The number of aliphatic carboxylic acids is 1. The van der Waals surface area contributed by atoms with Crippen LogP contribution >= 0.6 is 0 Å². The molecule has 18 heavy (non-hydrogen) atoms. The lowest BCUT2D eigenvalue weighted by molar-refractivity contribution is -0.145. The summed E-state index contributed by atoms with van der Waals surface area (Å²) < 4.78 is 4.62. The largest absolute Gasteiger partial charge is 0.481 e. The van der Waals surface area contributed by atoms with E-state index >= 15 is 0 Å². The van der Waals surface area contributed by atoms with Crippen LogP contribution in [-0.4, -0.2) is 48.7 Å². The number of methoxy groups -OCH3 is 1. The molecule has 0 bridgehead atoms. The maximum absolute atomic E-state index is 11.0. The van der Waals surface area contributed by atoms with Crippen molar-refractivity contribution in [3.8, 4) is 0 Å². The van der Waals surface area contributed by atoms with Crippen LogP contribution < -0.4 is 0 Å². The molecule has 0 aromatic heterocycles. The molecule has 2 rings (SSSR count). The second-order valence-corrected chi connectivity index (χ2v) is 4.98. The Balaban J connectivity index is 0.000000184. The highest BCUT2D eigenvalue weighted by Crippen LogP contribution is 2.24. The molecular weight excluding hydrogens is 234 g/mol. The Labute approximate surface area is 108 Å². The molecule has 1 aliphatic heterocycles. The predicted octanol–water partition coefficient (Wildman–Crippen LogP) is 1.51. The van der Waals surface area contributed by atoms with Crippen molar-refractivity contribution in [2.45, 2.75) is 44.6 Å². The first kappa shape index (κ1) is 15.0. The minimum Gasteiger partial charge on any atom is -0.481 e. The number of carboxylic acids is 1. The van der Waals surface area contributed by atoms with Crippen molar-refractivity contribution in [1.29, 1.82) is 0 Å². The van der Waals surface area contributed by atoms with Gasteiger partial charge in [-0.2, -0.15) is 0 Å². The zero-order valence-corrected chi connectivity index (χ0v) is 11.2. The topological polar surface area (TPSA) is 66.8 Å². The number of esters is 1. The van der Waals surface area contributed by atoms with Gasteiger partial charge in [-0.25, -0.2) is 0 Å². The third-order valence-electron chi connectivity index (χ3n) is 3.70. The second-order valence-electron chi connectivity index (χ2n) is 4.98. The molecule has 0 spiro atoms. The van der Waals surface area contributed by atoms with E-state index in [1.54, 1.807) is 0 Å². The number of hydrogen-bond acceptors (Lipinski definition) is 4. The molecule has 1 N–H and O–H groups in total. The van der Waals surface area contributed by atoms with Crippen LogP contribution in [0.15, 0.2) is 0 Å². The number of rotatable bonds is 2. The second kappa shape index (κ2) is 7.36. The van der Waals surface area contributed by atoms with Crippen molar-refractivity contribution >= 4 is 11.9 Å². The van der Waals surface area contributed by atoms with Gasteiger partial charge in [-0.1, -0.05) is 12.8 Å². The highest BCUT2D eigenvalue weighted by atomic mass is 16.5. The van der Waals surface area contributed by atoms with Gasteiger partial charge in [0.05, 0.1) is 13.0 Å². The quantitative estimate of drug-likeness (QED) is 0.760. The molecule has 0 aromatic carbocycles. The Bertz CT molecular complexity index is 287. The summed E-state index contributed by atoms with van der Waals surface area (Å²) in [6.45, 7) is 1.01. The van der Waals surface area contributed by atoms with E-state index in [0.717, 1.165) is 45.1 Å². The van der Waals surface area contributed by atoms with Gasteiger partial charge >= 0.3 is 11.9 Å². The number of nitrogens with zero attached hydrogens (tertiary/aromatic N) is 1. The molecule has 0 amide bonds. The molecular formula is C13H23NO4. The third-order valence-corrected chi connectivity index (χ3v) is 3.70. The number of likely N-dealkylation sites (N-methyl/N-ethyl adjacent to an activating group) is 1. The van der Waals surface area contributed by atoms with Crippen molar-refractivity contribution in [1.82, 2.24) is 4.90 Å². The molecule has 1 saturated heterocycles. The number of ether oxygens (including phenoxy) is 1. The lowest BCUT2D eigenvalue weighted by atomic mass is 10.1. The fraction of sp³-hybridized carbons (Fsp3) is 0.846. The monoisotopic (exact) mass is 257 g/mol. The minimum atomic E-state index is -0.609. The average Bonchev–Trinajstić information content (AvgIpc) is 2.99. The fourth-order valence-corrected chi connectivity index (χ4v) is 2.52. The Morgan fingerprint density at radius 1 is 1.17 bits per heavy atom. The van der Waals surface area contributed by atoms with Crippen molar-refractivity contribution < 1.29 is 19.4 Å². The molecule has 1 heterocycles. The van der Waals surface area contributed by atoms with Crippen molar-refractivity contribution in [2.24, 2.45) is 5.92 Å². The van der Waals surface area contributed by atoms with Gasteiger partial charge in [-0.15, -0.1) is 0 Å². The van der Waals surface area contributed by atoms with Crippen molar-refractivity contribution in [2.75, 3.05) is 20.7 Å². The first-order valence-electron chi connectivity index (χ1n) is 6.57. The smallest absolute Gasteiger partial charge is 0.323 e. The summed E-state index contributed by atoms with van der Waals surface area (Å²) in [5.41, 5.74) is 0. The van der Waals surface area contributed by atoms with Crippen LogP contribution in [-0.2, 0) is 14.3 Å². The van der Waals surface area contributed by atoms with Gasteiger partial charge < -0.3 is 9.84 Å². The lowest BCUT2D eigenvalue weighted by Gasteiger charge is -2.15. The van der Waals surface area contributed by atoms with Gasteiger partial charge in [0.2, 0.25) is 0 Å². The summed E-state index contributed by atoms with van der Waals surface area (Å²) in [5, 5.41) is 8.41. The van der Waals surface area contributed by atoms with Gasteiger partial charge in [0.25, 0.3) is 0 Å². The van der Waals surface area contributed by atoms with Crippen LogP contribution in [0.2, 0.25) is 0 Å². The van der Waals surface area contributed by atoms with E-state index in [9.17, 15) is 9.59 Å². The minimum absolute atomic E-state index is 0.0185. The molecule has 104 valence electrons. The number of carboxylic acid groups (broad SMARTS) is 1. The van der Waals surface area contributed by atoms with E-state index in [2.05, 4.69) is 4.74 Å². The van der Waals surface area contributed by atoms with Crippen molar-refractivity contribution in [3.63, 3.8) is 0 Å². The molecule has 2 aliphatic rings. The molecule has 1 atom stereocenters. The number of likely N-dealkylation sites (tertiary alicyclic amines) is 1. The van der Waals surface area contributed by atoms with E-state index < -0.39 is 5.97 Å². The van der Waals surface area contributed by atoms with Gasteiger partial charge in [0, 0.05) is 0 Å². The Kier molecular flexibility index (Phi) is 6.12. The fourth-order valence-electron chi connectivity index (χ4n) is 2.52. The zero-order valence-electron chi connectivity index (χ0n) is 11.2. The highest BCUT2D eigenvalue weighted by Gasteiger charge is 2.28. The molecule has 5 nitrogen and oxygen atoms in total. The third kappa shape index (κ3) is 4.29. The SMILES string of the molecule is COC(=O)[C@H]1CCCN1C.O=C(O)C1CCCC1. The maximum Gasteiger partial charge on any atom is 0.323 e. The Morgan fingerprint density at radius 3 is 2.11 bits per heavy atom. The van der Waals surface area contributed by atoms with Gasteiger partial charge in [0.1, 0.15) is 6.04 Å². The molecule has 0 aromatic rings. The van der Waals surface area contributed by atoms with Gasteiger partial charge in [-0.3, -0.25) is 14.5 Å². The van der Waals surface area contributed by atoms with Crippen LogP contribution in [0.3, 0.4) is 0 Å². The summed E-state index contributed by atoms with van der Waals surface area (Å²) in [6.07, 6.45) is 6.07. The number of carbonyl (C=O) groups is 2. The zero-order chi connectivity index (χ0) is 13.5. The first-order valence-corrected chi connectivity index (χ1v) is 6.57. The standard InChI is InChI=1S/C7H13NO2.C6H10O2/c1-8-5-3-4-6(8)7(9)10-2;7-6(8)5-3-1-2-4-5/h6H,3-5H2,1-2H3;5H,1-4H2,(H,7,8)/t6-;/m1./s1. The number of carbonyl (C=O) groups excluding carboxylic acids is 1. The Morgan fingerprint density at radius 2 is 1.78 bits per heavy atom. The molecule has 5 heteroatoms. The predicted molar refractivity (Wildman–Crippen MR) is 67.3 cm³/mol. The van der Waals surface area contributed by atoms with Crippen LogP contribution in [0, 0.1) is 5.92 Å². The first-order chi connectivity index (χ1) is 8.56. The summed E-state index contributed by atoms with van der Waals surface area (Å²) in [7, 11) is 3.39. The van der Waals surface area contributed by atoms with E-state index in [-0.39, 0.29) is 17.9 Å². The van der Waals surface area contributed by atoms with E-state index in [0.29, 0.717) is 0 Å². The van der Waals surface area contributed by atoms with E-state index in [1.165, 1.54) is 7.11 Å². The lowest BCUT2D eigenvalue weighted by Crippen LogP contribution is -2.33. The molecule has 2 fully saturated rings. The number of hydrogen-bond donors (Lipinski definition) is 1. The maximum atomic E-state index is 11.0. The van der Waals surface area contributed by atoms with E-state index in [4.69, 9.17) is 5.11 Å². The summed E-state index contributed by atoms with van der Waals surface area (Å²) in [5.74, 6) is -0.725. The van der Waals surface area contributed by atoms with Crippen LogP contribution in [0.5, 0.6) is 0 Å². The van der Waals surface area contributed by atoms with Crippen molar-refractivity contribution in [3.05, 3.63) is 0 Å². The van der Waals surface area contributed by atoms with E-state index in [1.807, 2.05) is 11.9 Å². The summed E-state index contributed by atoms with van der Waals surface area (Å²) in [6, 6.07) is 0.0185. The normalized spacial score (nSPS) is 24.4. The molecule has 1 aliphatic carbocycles. The van der Waals surface area contributed by atoms with Crippen LogP contribution in [0.4, 0.5) is 0 Å².